The van der Waals surface area contributed by atoms with E-state index in [9.17, 15) is 0 Å². The van der Waals surface area contributed by atoms with E-state index >= 15 is 0 Å². The highest BCUT2D eigenvalue weighted by molar-refractivity contribution is 5.91. The summed E-state index contributed by atoms with van der Waals surface area (Å²) < 4.78 is 0. The molecule has 0 fully saturated rings. The molecule has 17 aromatic carbocycles. The van der Waals surface area contributed by atoms with Gasteiger partial charge in [-0.25, -0.2) is 15.0 Å². The Morgan fingerprint density at radius 1 is 0.0972 bits per heavy atom. The van der Waals surface area contributed by atoms with Crippen LogP contribution in [0.2, 0.25) is 0 Å². The molecular formula is C135H93N9. The van der Waals surface area contributed by atoms with Gasteiger partial charge in [0.25, 0.3) is 0 Å². The van der Waals surface area contributed by atoms with Gasteiger partial charge in [-0.05, 0) is 354 Å². The number of rotatable bonds is 21. The van der Waals surface area contributed by atoms with Gasteiger partial charge in [0.2, 0.25) is 0 Å². The molecule has 678 valence electrons. The Morgan fingerprint density at radius 2 is 0.278 bits per heavy atom. The number of aromatic nitrogens is 9. The normalized spacial score (nSPS) is 10.9. The Bertz CT molecular complexity index is 6900. The van der Waals surface area contributed by atoms with Crippen molar-refractivity contribution in [2.45, 2.75) is 0 Å². The second-order valence-corrected chi connectivity index (χ2v) is 35.4. The van der Waals surface area contributed by atoms with Gasteiger partial charge in [0.05, 0.1) is 5.69 Å². The van der Waals surface area contributed by atoms with E-state index in [-0.39, 0.29) is 0 Å². The molecule has 0 N–H and O–H groups in total. The van der Waals surface area contributed by atoms with Crippen molar-refractivity contribution in [3.63, 3.8) is 0 Å². The van der Waals surface area contributed by atoms with Gasteiger partial charge in [-0.1, -0.05) is 315 Å². The first-order valence-electron chi connectivity index (χ1n) is 48.2. The van der Waals surface area contributed by atoms with Crippen LogP contribution in [0.4, 0.5) is 0 Å². The molecule has 9 heteroatoms. The molecule has 0 radical (unpaired) electrons. The maximum absolute atomic E-state index is 4.91. The Balaban J connectivity index is 0.000000123. The maximum Gasteiger partial charge on any atom is 0.164 e. The van der Waals surface area contributed by atoms with Crippen LogP contribution in [-0.4, -0.2) is 44.9 Å². The zero-order chi connectivity index (χ0) is 96.4. The smallest absolute Gasteiger partial charge is 0.164 e. The third kappa shape index (κ3) is 21.2. The zero-order valence-electron chi connectivity index (χ0n) is 78.7. The van der Waals surface area contributed by atoms with Crippen molar-refractivity contribution >= 4 is 0 Å². The predicted molar refractivity (Wildman–Crippen MR) is 594 cm³/mol. The van der Waals surface area contributed by atoms with Crippen LogP contribution in [0.1, 0.15) is 0 Å². The van der Waals surface area contributed by atoms with Crippen LogP contribution in [0, 0.1) is 0 Å². The molecular weight excluding hydrogens is 1750 g/mol. The second-order valence-electron chi connectivity index (χ2n) is 35.4. The molecule has 144 heavy (non-hydrogen) atoms. The lowest BCUT2D eigenvalue weighted by molar-refractivity contribution is 1.07. The lowest BCUT2D eigenvalue weighted by Crippen LogP contribution is -2.00. The number of hydrogen-bond acceptors (Lipinski definition) is 9. The summed E-state index contributed by atoms with van der Waals surface area (Å²) in [6.45, 7) is 0. The number of hydrogen-bond donors (Lipinski definition) is 0. The monoisotopic (exact) mass is 1840 g/mol. The molecule has 0 bridgehead atoms. The largest absolute Gasteiger partial charge is 0.265 e. The molecule has 24 aromatic rings. The highest BCUT2D eigenvalue weighted by Crippen LogP contribution is 2.44. The van der Waals surface area contributed by atoms with E-state index in [2.05, 4.69) is 467 Å². The van der Waals surface area contributed by atoms with Crippen molar-refractivity contribution < 1.29 is 0 Å². The van der Waals surface area contributed by atoms with Gasteiger partial charge >= 0.3 is 0 Å². The molecule has 0 atom stereocenters. The van der Waals surface area contributed by atoms with E-state index in [0.717, 1.165) is 106 Å². The molecule has 7 aromatic heterocycles. The van der Waals surface area contributed by atoms with Crippen LogP contribution >= 0.6 is 0 Å². The van der Waals surface area contributed by atoms with Crippen molar-refractivity contribution in [1.29, 1.82) is 0 Å². The molecule has 0 saturated heterocycles. The lowest BCUT2D eigenvalue weighted by atomic mass is 9.91. The number of benzene rings is 17. The Morgan fingerprint density at radius 3 is 0.507 bits per heavy atom. The Hall–Kier alpha value is -19.4. The summed E-state index contributed by atoms with van der Waals surface area (Å²) in [5.41, 5.74) is 44.2. The molecule has 0 amide bonds. The molecule has 9 nitrogen and oxygen atoms in total. The summed E-state index contributed by atoms with van der Waals surface area (Å²) >= 11 is 0. The van der Waals surface area contributed by atoms with Crippen LogP contribution in [-0.2, 0) is 0 Å². The van der Waals surface area contributed by atoms with E-state index in [1.807, 2.05) is 104 Å². The first kappa shape index (κ1) is 89.8. The fourth-order valence-corrected chi connectivity index (χ4v) is 18.5. The fraction of sp³-hybridized carbons (Fsp3) is 0. The average Bonchev–Trinajstić information content (AvgIpc) is 0.817. The number of nitrogens with zero attached hydrogens (tertiary/aromatic N) is 9. The van der Waals surface area contributed by atoms with Gasteiger partial charge in [-0.3, -0.25) is 29.9 Å². The van der Waals surface area contributed by atoms with E-state index in [4.69, 9.17) is 15.0 Å². The van der Waals surface area contributed by atoms with E-state index in [0.29, 0.717) is 17.5 Å². The first-order valence-corrected chi connectivity index (χ1v) is 48.2. The average molecular weight is 1840 g/mol. The first-order chi connectivity index (χ1) is 71.3. The van der Waals surface area contributed by atoms with Crippen LogP contribution in [0.25, 0.3) is 235 Å². The summed E-state index contributed by atoms with van der Waals surface area (Å²) in [6, 6.07) is 176. The summed E-state index contributed by atoms with van der Waals surface area (Å²) in [7, 11) is 0. The van der Waals surface area contributed by atoms with Crippen molar-refractivity contribution in [2.75, 3.05) is 0 Å². The molecule has 24 rings (SSSR count). The van der Waals surface area contributed by atoms with Gasteiger partial charge in [-0.2, -0.15) is 0 Å². The van der Waals surface area contributed by atoms with Gasteiger partial charge < -0.3 is 0 Å². The summed E-state index contributed by atoms with van der Waals surface area (Å²) in [5, 5.41) is 0. The minimum atomic E-state index is 0.592. The van der Waals surface area contributed by atoms with Gasteiger partial charge in [-0.15, -0.1) is 0 Å². The standard InChI is InChI=1S/2C46H32N2.C43H29N5/c1-3-11-33(12-4-1)41-25-42(34-13-5-2-6-14-34)27-43(26-41)37-17-7-15-35(23-37)36-16-8-18-38(24-36)44-28-45(39-19-9-21-47-31-39)30-46(29-44)40-20-10-22-48-32-40;1-3-12-33(13-4-1)40-26-41(34-14-5-2-6-15-34)28-42(27-40)37-18-9-16-35(24-37)36-17-10-19-38(25-36)43-29-44(39-20-11-22-47-32-39)31-45(30-43)46-21-7-8-23-48-46;1-3-9-30(10-4-1)38-27-39(31-11-5-2-6-12-31)29-40(28-38)36-15-7-13-34(25-36)35-14-8-16-37(26-35)43-47-41(32-17-21-44-22-18-32)46-42(48-43)33-19-23-45-24-20-33/h2*1-32H;1-29H. The van der Waals surface area contributed by atoms with Crippen LogP contribution in [0.5, 0.6) is 0 Å². The highest BCUT2D eigenvalue weighted by atomic mass is 15.0. The third-order valence-electron chi connectivity index (χ3n) is 25.9. The topological polar surface area (TPSA) is 116 Å². The molecule has 0 saturated carbocycles. The minimum absolute atomic E-state index is 0.592. The third-order valence-corrected chi connectivity index (χ3v) is 25.9. The van der Waals surface area contributed by atoms with Crippen molar-refractivity contribution in [3.05, 3.63) is 566 Å². The summed E-state index contributed by atoms with van der Waals surface area (Å²) in [6.07, 6.45) is 20.0. The van der Waals surface area contributed by atoms with Crippen LogP contribution in [0.3, 0.4) is 0 Å². The summed E-state index contributed by atoms with van der Waals surface area (Å²) in [4.78, 5) is 40.8. The lowest BCUT2D eigenvalue weighted by Gasteiger charge is -2.13. The SMILES string of the molecule is c1ccc(-c2cc(-c3ccccc3)cc(-c3cccc(-c4cccc(-c5cc(-c6cccnc6)cc(-c6ccccn6)c5)c4)c3)c2)cc1.c1ccc(-c2cc(-c3ccccc3)cc(-c3cccc(-c4cccc(-c5cc(-c6cccnc6)cc(-c6cccnc6)c5)c4)c3)c2)cc1.c1ccc(-c2cc(-c3ccccc3)cc(-c3cccc(-c4cccc(-c5nc(-c6ccncc6)nc(-c6ccncc6)n5)c4)c3)c2)cc1. The molecule has 0 aliphatic carbocycles. The molecule has 0 unspecified atom stereocenters. The van der Waals surface area contributed by atoms with Crippen molar-refractivity contribution in [1.82, 2.24) is 44.9 Å². The molecule has 0 aliphatic heterocycles. The minimum Gasteiger partial charge on any atom is -0.265 e. The van der Waals surface area contributed by atoms with Crippen molar-refractivity contribution in [2.24, 2.45) is 0 Å². The van der Waals surface area contributed by atoms with Crippen molar-refractivity contribution in [3.8, 4) is 235 Å². The second kappa shape index (κ2) is 42.7. The van der Waals surface area contributed by atoms with Gasteiger partial charge in [0.1, 0.15) is 0 Å². The fourth-order valence-electron chi connectivity index (χ4n) is 18.5. The predicted octanol–water partition coefficient (Wildman–Crippen LogP) is 34.6. The van der Waals surface area contributed by atoms with Crippen LogP contribution < -0.4 is 0 Å². The Kier molecular flexibility index (Phi) is 26.7. The quantitative estimate of drug-likeness (QED) is 0.0693. The van der Waals surface area contributed by atoms with Gasteiger partial charge in [0, 0.05) is 107 Å². The van der Waals surface area contributed by atoms with Gasteiger partial charge in [0.15, 0.2) is 17.5 Å². The highest BCUT2D eigenvalue weighted by Gasteiger charge is 2.20. The zero-order valence-corrected chi connectivity index (χ0v) is 78.7. The summed E-state index contributed by atoms with van der Waals surface area (Å²) in [5.74, 6) is 1.79. The van der Waals surface area contributed by atoms with E-state index in [1.165, 1.54) is 111 Å². The van der Waals surface area contributed by atoms with Crippen LogP contribution in [0.15, 0.2) is 566 Å². The Labute approximate surface area is 839 Å². The molecule has 7 heterocycles. The van der Waals surface area contributed by atoms with E-state index < -0.39 is 0 Å². The molecule has 0 spiro atoms. The maximum atomic E-state index is 4.91. The van der Waals surface area contributed by atoms with E-state index in [1.54, 1.807) is 24.8 Å². The molecule has 0 aliphatic rings. The number of pyridine rings is 6.